The summed E-state index contributed by atoms with van der Waals surface area (Å²) < 4.78 is 0. The lowest BCUT2D eigenvalue weighted by molar-refractivity contribution is -0.325. The number of carbonyl (C=O) groups is 1. The molecule has 0 aromatic carbocycles. The van der Waals surface area contributed by atoms with E-state index in [1.807, 2.05) is 0 Å². The number of carbonyl (C=O) groups excluding carboxylic acids is 1. The summed E-state index contributed by atoms with van der Waals surface area (Å²) in [5.74, 6) is -1.08. The molecule has 3 N–H and O–H groups in total. The van der Waals surface area contributed by atoms with Crippen molar-refractivity contribution in [1.82, 2.24) is 0 Å². The van der Waals surface area contributed by atoms with Gasteiger partial charge in [0.2, 0.25) is 0 Å². The van der Waals surface area contributed by atoms with Crippen LogP contribution in [0, 0.1) is 0 Å². The molecule has 0 heterocycles. The number of quaternary nitrogens is 1. The Morgan fingerprint density at radius 3 is 1.67 bits per heavy atom. The van der Waals surface area contributed by atoms with E-state index in [0.717, 1.165) is 6.92 Å². The van der Waals surface area contributed by atoms with Crippen LogP contribution in [-0.2, 0) is 4.79 Å². The molecule has 0 radical (unpaired) electrons. The van der Waals surface area contributed by atoms with E-state index >= 15 is 0 Å². The first-order chi connectivity index (χ1) is 2.73. The van der Waals surface area contributed by atoms with Crippen LogP contribution >= 0.6 is 0 Å². The van der Waals surface area contributed by atoms with Crippen molar-refractivity contribution >= 4 is 5.97 Å². The molecule has 0 aliphatic heterocycles. The average Bonchev–Trinajstić information content (AvgIpc) is 1.41. The van der Waals surface area contributed by atoms with Crippen LogP contribution in [0.25, 0.3) is 0 Å². The zero-order valence-corrected chi connectivity index (χ0v) is 4.02. The summed E-state index contributed by atoms with van der Waals surface area (Å²) in [7, 11) is 1.75. The van der Waals surface area contributed by atoms with Crippen LogP contribution in [0.1, 0.15) is 6.92 Å². The van der Waals surface area contributed by atoms with Crippen LogP contribution in [-0.4, -0.2) is 13.0 Å². The van der Waals surface area contributed by atoms with Crippen LogP contribution in [0.4, 0.5) is 0 Å². The van der Waals surface area contributed by atoms with E-state index in [2.05, 4.69) is 5.73 Å². The Morgan fingerprint density at radius 2 is 1.67 bits per heavy atom. The Hall–Kier alpha value is -0.570. The van der Waals surface area contributed by atoms with Gasteiger partial charge in [0, 0.05) is 5.97 Å². The highest BCUT2D eigenvalue weighted by Gasteiger charge is 1.46. The van der Waals surface area contributed by atoms with Gasteiger partial charge in [0.05, 0.1) is 7.05 Å². The normalized spacial score (nSPS) is 5.17. The maximum absolute atomic E-state index is 8.89. The van der Waals surface area contributed by atoms with Gasteiger partial charge < -0.3 is 15.6 Å². The summed E-state index contributed by atoms with van der Waals surface area (Å²) in [6.07, 6.45) is 0. The molecule has 0 fully saturated rings. The molecule has 0 aliphatic rings. The van der Waals surface area contributed by atoms with Gasteiger partial charge in [-0.15, -0.1) is 0 Å². The van der Waals surface area contributed by atoms with Gasteiger partial charge in [0.15, 0.2) is 0 Å². The molecule has 0 saturated carbocycles. The molecule has 38 valence electrons. The molecular formula is C3H9NO2. The summed E-state index contributed by atoms with van der Waals surface area (Å²) in [5.41, 5.74) is 3.25. The predicted molar refractivity (Wildman–Crippen MR) is 19.5 cm³/mol. The maximum atomic E-state index is 8.89. The number of carboxylic acid groups (broad SMARTS) is 1. The monoisotopic (exact) mass is 91.1 g/mol. The molecule has 0 saturated heterocycles. The van der Waals surface area contributed by atoms with Crippen molar-refractivity contribution < 1.29 is 15.6 Å². The highest BCUT2D eigenvalue weighted by Crippen LogP contribution is 1.31. The van der Waals surface area contributed by atoms with Crippen LogP contribution < -0.4 is 10.8 Å². The largest absolute Gasteiger partial charge is 0.550 e. The molecule has 0 aliphatic carbocycles. The lowest BCUT2D eigenvalue weighted by atomic mass is 10.9. The minimum Gasteiger partial charge on any atom is -0.550 e. The van der Waals surface area contributed by atoms with Gasteiger partial charge in [0.1, 0.15) is 0 Å². The van der Waals surface area contributed by atoms with Crippen LogP contribution in [0.2, 0.25) is 0 Å². The van der Waals surface area contributed by atoms with Gasteiger partial charge in [-0.25, -0.2) is 0 Å². The first-order valence-corrected chi connectivity index (χ1v) is 1.62. The van der Waals surface area contributed by atoms with Crippen molar-refractivity contribution in [2.45, 2.75) is 6.92 Å². The Bertz CT molecular complexity index is 31.8. The molecule has 0 bridgehead atoms. The average molecular weight is 91.1 g/mol. The lowest BCUT2D eigenvalue weighted by Crippen LogP contribution is -2.40. The highest BCUT2D eigenvalue weighted by molar-refractivity contribution is 5.60. The zero-order valence-electron chi connectivity index (χ0n) is 4.02. The highest BCUT2D eigenvalue weighted by atomic mass is 16.4. The van der Waals surface area contributed by atoms with Crippen LogP contribution in [0.3, 0.4) is 0 Å². The van der Waals surface area contributed by atoms with Crippen LogP contribution in [0.15, 0.2) is 0 Å². The van der Waals surface area contributed by atoms with Gasteiger partial charge in [-0.2, -0.15) is 0 Å². The second-order valence-electron chi connectivity index (χ2n) is 0.492. The molecule has 0 unspecified atom stereocenters. The Labute approximate surface area is 36.8 Å². The Kier molecular flexibility index (Phi) is 13.3. The molecule has 6 heavy (non-hydrogen) atoms. The minimum absolute atomic E-state index is 0.972. The van der Waals surface area contributed by atoms with Crippen LogP contribution in [0.5, 0.6) is 0 Å². The number of carboxylic acids is 1. The van der Waals surface area contributed by atoms with Gasteiger partial charge in [0.25, 0.3) is 0 Å². The van der Waals surface area contributed by atoms with E-state index in [1.54, 1.807) is 7.05 Å². The molecule has 0 amide bonds. The lowest BCUT2D eigenvalue weighted by Gasteiger charge is -1.77. The third-order valence-corrected chi connectivity index (χ3v) is 0. The summed E-state index contributed by atoms with van der Waals surface area (Å²) in [5, 5.41) is 8.89. The first-order valence-electron chi connectivity index (χ1n) is 1.62. The fourth-order valence-electron chi connectivity index (χ4n) is 0. The predicted octanol–water partition coefficient (Wildman–Crippen LogP) is -2.39. The first kappa shape index (κ1) is 9.06. The Morgan fingerprint density at radius 1 is 1.67 bits per heavy atom. The van der Waals surface area contributed by atoms with E-state index in [4.69, 9.17) is 9.90 Å². The number of hydrogen-bond donors (Lipinski definition) is 1. The van der Waals surface area contributed by atoms with E-state index < -0.39 is 5.97 Å². The maximum Gasteiger partial charge on any atom is 0.0634 e. The van der Waals surface area contributed by atoms with Gasteiger partial charge >= 0.3 is 0 Å². The van der Waals surface area contributed by atoms with Crippen molar-refractivity contribution in [2.24, 2.45) is 0 Å². The van der Waals surface area contributed by atoms with Crippen molar-refractivity contribution in [3.63, 3.8) is 0 Å². The summed E-state index contributed by atoms with van der Waals surface area (Å²) in [6, 6.07) is 0. The molecule has 0 rings (SSSR count). The third-order valence-electron chi connectivity index (χ3n) is 0. The number of hydrogen-bond acceptors (Lipinski definition) is 2. The van der Waals surface area contributed by atoms with E-state index in [0.29, 0.717) is 0 Å². The summed E-state index contributed by atoms with van der Waals surface area (Å²) in [4.78, 5) is 8.89. The van der Waals surface area contributed by atoms with Crippen molar-refractivity contribution in [3.8, 4) is 0 Å². The minimum atomic E-state index is -1.08. The van der Waals surface area contributed by atoms with E-state index in [1.165, 1.54) is 0 Å². The van der Waals surface area contributed by atoms with E-state index in [9.17, 15) is 0 Å². The molecule has 3 heteroatoms. The topological polar surface area (TPSA) is 67.8 Å². The quantitative estimate of drug-likeness (QED) is 0.361. The molecule has 0 aromatic heterocycles. The smallest absolute Gasteiger partial charge is 0.0634 e. The Balaban J connectivity index is 0. The van der Waals surface area contributed by atoms with Gasteiger partial charge in [-0.1, -0.05) is 0 Å². The summed E-state index contributed by atoms with van der Waals surface area (Å²) >= 11 is 0. The summed E-state index contributed by atoms with van der Waals surface area (Å²) in [6.45, 7) is 0.972. The number of rotatable bonds is 0. The molecule has 3 nitrogen and oxygen atoms in total. The third kappa shape index (κ3) is 62.3. The molecular weight excluding hydrogens is 82.0 g/mol. The van der Waals surface area contributed by atoms with Crippen molar-refractivity contribution in [3.05, 3.63) is 0 Å². The molecule has 0 aromatic rings. The zero-order chi connectivity index (χ0) is 5.58. The molecule has 0 spiro atoms. The van der Waals surface area contributed by atoms with Gasteiger partial charge in [-0.3, -0.25) is 0 Å². The van der Waals surface area contributed by atoms with E-state index in [-0.39, 0.29) is 0 Å². The second kappa shape index (κ2) is 8.83. The van der Waals surface area contributed by atoms with Crippen molar-refractivity contribution in [1.29, 1.82) is 0 Å². The fraction of sp³-hybridized carbons (Fsp3) is 0.667. The van der Waals surface area contributed by atoms with Crippen molar-refractivity contribution in [2.75, 3.05) is 7.05 Å². The fourth-order valence-corrected chi connectivity index (χ4v) is 0. The molecule has 0 atom stereocenters. The SMILES string of the molecule is CC(=O)[O-].C[NH3+]. The second-order valence-corrected chi connectivity index (χ2v) is 0.492. The van der Waals surface area contributed by atoms with Gasteiger partial charge in [-0.05, 0) is 6.92 Å². The number of aliphatic carboxylic acids is 1. The standard InChI is InChI=1S/C2H4O2.CH5N/c1-2(3)4;1-2/h1H3,(H,3,4);2H2,1H3.